The fourth-order valence-corrected chi connectivity index (χ4v) is 3.88. The third kappa shape index (κ3) is 7.05. The van der Waals surface area contributed by atoms with E-state index in [9.17, 15) is 5.11 Å². The average Bonchev–Trinajstić information content (AvgIpc) is 3.26. The summed E-state index contributed by atoms with van der Waals surface area (Å²) < 4.78 is 10.8. The van der Waals surface area contributed by atoms with Crippen LogP contribution in [0.4, 0.5) is 5.69 Å². The van der Waals surface area contributed by atoms with Crippen molar-refractivity contribution in [3.8, 4) is 11.5 Å². The highest BCUT2D eigenvalue weighted by atomic mass is 127. The molecule has 2 atom stereocenters. The van der Waals surface area contributed by atoms with Gasteiger partial charge in [0.2, 0.25) is 0 Å². The van der Waals surface area contributed by atoms with Crippen molar-refractivity contribution in [2.45, 2.75) is 25.5 Å². The Morgan fingerprint density at radius 1 is 1.22 bits per heavy atom. The first kappa shape index (κ1) is 26.3. The molecular formula is C23H32ClIN4O3. The van der Waals surface area contributed by atoms with Crippen LogP contribution in [0, 0.1) is 0 Å². The first-order valence-corrected chi connectivity index (χ1v) is 10.9. The highest BCUT2D eigenvalue weighted by Crippen LogP contribution is 2.30. The molecular weight excluding hydrogens is 543 g/mol. The van der Waals surface area contributed by atoms with E-state index in [1.807, 2.05) is 43.3 Å². The number of nitrogens with zero attached hydrogens (tertiary/aromatic N) is 2. The topological polar surface area (TPSA) is 78.4 Å². The van der Waals surface area contributed by atoms with Gasteiger partial charge in [-0.3, -0.25) is 4.99 Å². The van der Waals surface area contributed by atoms with Gasteiger partial charge in [0.15, 0.2) is 5.96 Å². The van der Waals surface area contributed by atoms with Gasteiger partial charge in [0.1, 0.15) is 17.6 Å². The number of benzene rings is 2. The Hall–Kier alpha value is -1.91. The van der Waals surface area contributed by atoms with E-state index in [4.69, 9.17) is 21.1 Å². The van der Waals surface area contributed by atoms with Gasteiger partial charge in [-0.1, -0.05) is 29.8 Å². The lowest BCUT2D eigenvalue weighted by Crippen LogP contribution is -2.44. The Balaban J connectivity index is 0.00000363. The molecule has 1 aliphatic heterocycles. The normalized spacial score (nSPS) is 16.8. The second-order valence-electron chi connectivity index (χ2n) is 7.40. The van der Waals surface area contributed by atoms with Crippen molar-refractivity contribution in [3.63, 3.8) is 0 Å². The predicted molar refractivity (Wildman–Crippen MR) is 141 cm³/mol. The third-order valence-electron chi connectivity index (χ3n) is 5.26. The van der Waals surface area contributed by atoms with Crippen LogP contribution in [0.5, 0.6) is 11.5 Å². The molecule has 7 nitrogen and oxygen atoms in total. The van der Waals surface area contributed by atoms with Gasteiger partial charge in [-0.25, -0.2) is 0 Å². The van der Waals surface area contributed by atoms with Gasteiger partial charge < -0.3 is 30.1 Å². The van der Waals surface area contributed by atoms with E-state index in [0.29, 0.717) is 16.5 Å². The molecule has 0 spiro atoms. The lowest BCUT2D eigenvalue weighted by molar-refractivity contribution is 0.187. The van der Waals surface area contributed by atoms with Gasteiger partial charge in [-0.2, -0.15) is 0 Å². The zero-order chi connectivity index (χ0) is 22.2. The number of anilines is 1. The zero-order valence-electron chi connectivity index (χ0n) is 18.7. The minimum absolute atomic E-state index is 0. The summed E-state index contributed by atoms with van der Waals surface area (Å²) in [5.41, 5.74) is 1.75. The van der Waals surface area contributed by atoms with Crippen molar-refractivity contribution in [3.05, 3.63) is 53.1 Å². The van der Waals surface area contributed by atoms with Crippen LogP contribution in [0.3, 0.4) is 0 Å². The Labute approximate surface area is 212 Å². The van der Waals surface area contributed by atoms with Crippen molar-refractivity contribution in [2.75, 3.05) is 45.3 Å². The maximum Gasteiger partial charge on any atom is 0.191 e. The van der Waals surface area contributed by atoms with E-state index in [1.165, 1.54) is 0 Å². The van der Waals surface area contributed by atoms with E-state index in [2.05, 4.69) is 20.5 Å². The summed E-state index contributed by atoms with van der Waals surface area (Å²) in [5, 5.41) is 17.8. The van der Waals surface area contributed by atoms with Crippen LogP contribution in [0.1, 0.15) is 25.0 Å². The second-order valence-corrected chi connectivity index (χ2v) is 7.81. The molecule has 0 saturated carbocycles. The van der Waals surface area contributed by atoms with Crippen LogP contribution < -0.4 is 25.0 Å². The number of aliphatic hydroxyl groups excluding tert-OH is 1. The predicted octanol–water partition coefficient (Wildman–Crippen LogP) is 3.84. The van der Waals surface area contributed by atoms with Gasteiger partial charge >= 0.3 is 0 Å². The van der Waals surface area contributed by atoms with E-state index in [1.54, 1.807) is 20.3 Å². The Morgan fingerprint density at radius 2 is 1.91 bits per heavy atom. The molecule has 0 aromatic heterocycles. The molecule has 1 fully saturated rings. The summed E-state index contributed by atoms with van der Waals surface area (Å²) in [4.78, 5) is 6.87. The van der Waals surface area contributed by atoms with Gasteiger partial charge in [0, 0.05) is 60.1 Å². The molecule has 2 aromatic carbocycles. The number of methoxy groups -OCH3 is 2. The van der Waals surface area contributed by atoms with Gasteiger partial charge in [-0.15, -0.1) is 24.0 Å². The molecule has 1 saturated heterocycles. The Morgan fingerprint density at radius 3 is 2.53 bits per heavy atom. The van der Waals surface area contributed by atoms with Gasteiger partial charge in [-0.05, 0) is 19.4 Å². The first-order valence-electron chi connectivity index (χ1n) is 10.5. The van der Waals surface area contributed by atoms with Crippen LogP contribution in [0.25, 0.3) is 0 Å². The number of nitrogens with one attached hydrogen (secondary N) is 2. The van der Waals surface area contributed by atoms with E-state index in [0.717, 1.165) is 43.2 Å². The second kappa shape index (κ2) is 13.0. The molecule has 1 aliphatic rings. The molecule has 0 aliphatic carbocycles. The number of hydrogen-bond donors (Lipinski definition) is 3. The molecule has 3 rings (SSSR count). The summed E-state index contributed by atoms with van der Waals surface area (Å²) in [7, 11) is 3.31. The molecule has 176 valence electrons. The van der Waals surface area contributed by atoms with Crippen LogP contribution in [0.2, 0.25) is 5.02 Å². The van der Waals surface area contributed by atoms with Crippen molar-refractivity contribution < 1.29 is 14.6 Å². The molecule has 2 unspecified atom stereocenters. The average molecular weight is 575 g/mol. The van der Waals surface area contributed by atoms with Crippen molar-refractivity contribution in [2.24, 2.45) is 4.99 Å². The molecule has 0 radical (unpaired) electrons. The van der Waals surface area contributed by atoms with E-state index in [-0.39, 0.29) is 36.6 Å². The molecule has 1 heterocycles. The minimum atomic E-state index is -0.756. The molecule has 3 N–H and O–H groups in total. The van der Waals surface area contributed by atoms with Crippen molar-refractivity contribution in [1.29, 1.82) is 0 Å². The Kier molecular flexibility index (Phi) is 10.7. The van der Waals surface area contributed by atoms with Crippen LogP contribution in [-0.2, 0) is 0 Å². The number of halogens is 2. The number of guanidine groups is 1. The van der Waals surface area contributed by atoms with Crippen LogP contribution >= 0.6 is 35.6 Å². The fraction of sp³-hybridized carbons (Fsp3) is 0.435. The maximum atomic E-state index is 10.5. The highest BCUT2D eigenvalue weighted by Gasteiger charge is 2.24. The van der Waals surface area contributed by atoms with Gasteiger partial charge in [0.05, 0.1) is 20.8 Å². The first-order chi connectivity index (χ1) is 15.0. The number of aliphatic imine (C=N–C) groups is 1. The van der Waals surface area contributed by atoms with Crippen molar-refractivity contribution in [1.82, 2.24) is 10.6 Å². The van der Waals surface area contributed by atoms with Crippen LogP contribution in [0.15, 0.2) is 47.5 Å². The number of hydrogen-bond acceptors (Lipinski definition) is 5. The fourth-order valence-electron chi connectivity index (χ4n) is 3.62. The van der Waals surface area contributed by atoms with E-state index < -0.39 is 6.10 Å². The smallest absolute Gasteiger partial charge is 0.191 e. The third-order valence-corrected chi connectivity index (χ3v) is 5.61. The monoisotopic (exact) mass is 574 g/mol. The van der Waals surface area contributed by atoms with Gasteiger partial charge in [0.25, 0.3) is 0 Å². The lowest BCUT2D eigenvalue weighted by atomic mass is 10.1. The zero-order valence-corrected chi connectivity index (χ0v) is 21.8. The SMILES string of the molecule is CCNC(=NCC(O)c1ccccc1Cl)NC1CCN(c2cc(OC)cc(OC)c2)C1.I. The number of rotatable bonds is 8. The quantitative estimate of drug-likeness (QED) is 0.253. The summed E-state index contributed by atoms with van der Waals surface area (Å²) in [6, 6.07) is 13.4. The highest BCUT2D eigenvalue weighted by molar-refractivity contribution is 14.0. The van der Waals surface area contributed by atoms with Crippen LogP contribution in [-0.4, -0.2) is 57.5 Å². The molecule has 0 bridgehead atoms. The minimum Gasteiger partial charge on any atom is -0.497 e. The summed E-state index contributed by atoms with van der Waals surface area (Å²) in [6.07, 6.45) is 0.213. The number of aliphatic hydroxyl groups is 1. The molecule has 32 heavy (non-hydrogen) atoms. The number of ether oxygens (including phenoxy) is 2. The molecule has 0 amide bonds. The lowest BCUT2D eigenvalue weighted by Gasteiger charge is -2.21. The summed E-state index contributed by atoms with van der Waals surface area (Å²) in [5.74, 6) is 2.23. The summed E-state index contributed by atoms with van der Waals surface area (Å²) >= 11 is 6.19. The van der Waals surface area contributed by atoms with Crippen molar-refractivity contribution >= 4 is 47.2 Å². The standard InChI is InChI=1S/C23H31ClN4O3.HI/c1-4-25-23(26-14-22(29)20-7-5-6-8-21(20)24)27-16-9-10-28(15-16)17-11-18(30-2)13-19(12-17)31-3;/h5-8,11-13,16,22,29H,4,9-10,14-15H2,1-3H3,(H2,25,26,27);1H. The maximum absolute atomic E-state index is 10.5. The Bertz CT molecular complexity index is 877. The summed E-state index contributed by atoms with van der Waals surface area (Å²) in [6.45, 7) is 4.72. The molecule has 2 aromatic rings. The van der Waals surface area contributed by atoms with E-state index >= 15 is 0 Å². The largest absolute Gasteiger partial charge is 0.497 e. The molecule has 9 heteroatoms.